The van der Waals surface area contributed by atoms with Crippen LogP contribution in [0.4, 0.5) is 0 Å². The van der Waals surface area contributed by atoms with E-state index in [1.807, 2.05) is 0 Å². The highest BCUT2D eigenvalue weighted by Gasteiger charge is 2.28. The van der Waals surface area contributed by atoms with Crippen LogP contribution in [0.25, 0.3) is 0 Å². The Hall–Kier alpha value is -2.80. The molecule has 138 valence electrons. The van der Waals surface area contributed by atoms with Crippen LogP contribution < -0.4 is 10.1 Å². The van der Waals surface area contributed by atoms with Crippen LogP contribution in [0.5, 0.6) is 5.75 Å². The molecular formula is C19H21NO6. The molecule has 1 fully saturated rings. The summed E-state index contributed by atoms with van der Waals surface area (Å²) in [5.41, 5.74) is 0.538. The minimum absolute atomic E-state index is 0.00348. The molecule has 2 atom stereocenters. The summed E-state index contributed by atoms with van der Waals surface area (Å²) < 4.78 is 21.1. The highest BCUT2D eigenvalue weighted by Crippen LogP contribution is 2.23. The number of ether oxygens (including phenoxy) is 3. The number of benzene rings is 1. The van der Waals surface area contributed by atoms with E-state index in [-0.39, 0.29) is 11.9 Å². The zero-order valence-corrected chi connectivity index (χ0v) is 14.5. The monoisotopic (exact) mass is 359 g/mol. The van der Waals surface area contributed by atoms with Gasteiger partial charge in [0.05, 0.1) is 19.5 Å². The van der Waals surface area contributed by atoms with Gasteiger partial charge in [0.15, 0.2) is 0 Å². The lowest BCUT2D eigenvalue weighted by Gasteiger charge is -2.19. The summed E-state index contributed by atoms with van der Waals surface area (Å²) in [4.78, 5) is 24.9. The maximum absolute atomic E-state index is 12.7. The number of nitrogens with one attached hydrogen (secondary N) is 1. The van der Waals surface area contributed by atoms with Crippen LogP contribution in [0.3, 0.4) is 0 Å². The number of carbonyl (C=O) groups is 2. The third-order valence-corrected chi connectivity index (χ3v) is 4.13. The molecule has 1 aromatic heterocycles. The van der Waals surface area contributed by atoms with Gasteiger partial charge in [-0.25, -0.2) is 4.79 Å². The summed E-state index contributed by atoms with van der Waals surface area (Å²) in [6.07, 6.45) is 2.16. The quantitative estimate of drug-likeness (QED) is 0.764. The van der Waals surface area contributed by atoms with Gasteiger partial charge in [0.1, 0.15) is 5.75 Å². The summed E-state index contributed by atoms with van der Waals surface area (Å²) in [6.45, 7) is 1.08. The second kappa shape index (κ2) is 8.53. The third kappa shape index (κ3) is 4.43. The standard InChI is InChI=1S/C19H21NO6/c1-23-14-8-6-13(7-9-14)17(26-19(22)16-5-3-11-25-16)18(21)20-12-15-4-2-10-24-15/h3,5-9,11,15,17H,2,4,10,12H2,1H3,(H,20,21)/t15-,17-/m1/s1. The van der Waals surface area contributed by atoms with Crippen LogP contribution in [0, 0.1) is 0 Å². The van der Waals surface area contributed by atoms with Crippen molar-refractivity contribution in [3.05, 3.63) is 54.0 Å². The topological polar surface area (TPSA) is 87.0 Å². The molecule has 7 nitrogen and oxygen atoms in total. The number of amides is 1. The largest absolute Gasteiger partial charge is 0.497 e. The van der Waals surface area contributed by atoms with Gasteiger partial charge in [-0.05, 0) is 37.1 Å². The molecule has 0 saturated carbocycles. The molecule has 1 aliphatic rings. The Balaban J connectivity index is 1.72. The van der Waals surface area contributed by atoms with Crippen molar-refractivity contribution in [2.24, 2.45) is 0 Å². The maximum atomic E-state index is 12.7. The molecule has 26 heavy (non-hydrogen) atoms. The summed E-state index contributed by atoms with van der Waals surface area (Å²) in [5.74, 6) is -0.436. The molecule has 0 unspecified atom stereocenters. The number of hydrogen-bond donors (Lipinski definition) is 1. The van der Waals surface area contributed by atoms with E-state index < -0.39 is 18.0 Å². The molecule has 0 spiro atoms. The Morgan fingerprint density at radius 1 is 1.27 bits per heavy atom. The van der Waals surface area contributed by atoms with Gasteiger partial charge >= 0.3 is 5.97 Å². The van der Waals surface area contributed by atoms with Gasteiger partial charge in [-0.2, -0.15) is 0 Å². The zero-order chi connectivity index (χ0) is 18.4. The number of furan rings is 1. The van der Waals surface area contributed by atoms with Gasteiger partial charge in [-0.3, -0.25) is 4.79 Å². The number of carbonyl (C=O) groups excluding carboxylic acids is 2. The number of rotatable bonds is 7. The summed E-state index contributed by atoms with van der Waals surface area (Å²) in [6, 6.07) is 9.84. The van der Waals surface area contributed by atoms with Crippen molar-refractivity contribution < 1.29 is 28.2 Å². The normalized spacial score (nSPS) is 17.5. The lowest BCUT2D eigenvalue weighted by molar-refractivity contribution is -0.130. The minimum atomic E-state index is -1.10. The van der Waals surface area contributed by atoms with Gasteiger partial charge in [0.2, 0.25) is 11.9 Å². The Morgan fingerprint density at radius 3 is 2.69 bits per heavy atom. The second-order valence-corrected chi connectivity index (χ2v) is 5.92. The molecule has 2 heterocycles. The van der Waals surface area contributed by atoms with Crippen LogP contribution in [0.15, 0.2) is 47.1 Å². The van der Waals surface area contributed by atoms with E-state index in [9.17, 15) is 9.59 Å². The summed E-state index contributed by atoms with van der Waals surface area (Å²) >= 11 is 0. The minimum Gasteiger partial charge on any atom is -0.497 e. The highest BCUT2D eigenvalue weighted by molar-refractivity contribution is 5.90. The van der Waals surface area contributed by atoms with Gasteiger partial charge in [-0.1, -0.05) is 12.1 Å². The van der Waals surface area contributed by atoms with Crippen molar-refractivity contribution in [1.82, 2.24) is 5.32 Å². The number of hydrogen-bond acceptors (Lipinski definition) is 6. The SMILES string of the molecule is COc1ccc([C@@H](OC(=O)c2ccco2)C(=O)NC[C@H]2CCCO2)cc1. The third-order valence-electron chi connectivity index (χ3n) is 4.13. The molecule has 0 bridgehead atoms. The molecule has 3 rings (SSSR count). The molecule has 1 aromatic carbocycles. The smallest absolute Gasteiger partial charge is 0.375 e. The molecule has 7 heteroatoms. The lowest BCUT2D eigenvalue weighted by atomic mass is 10.1. The van der Waals surface area contributed by atoms with Crippen LogP contribution in [0.2, 0.25) is 0 Å². The average Bonchev–Trinajstić information content (AvgIpc) is 3.38. The average molecular weight is 359 g/mol. The van der Waals surface area contributed by atoms with Crippen molar-refractivity contribution in [2.45, 2.75) is 25.0 Å². The first-order valence-corrected chi connectivity index (χ1v) is 8.45. The Kier molecular flexibility index (Phi) is 5.91. The summed E-state index contributed by atoms with van der Waals surface area (Å²) in [5, 5.41) is 2.80. The van der Waals surface area contributed by atoms with Crippen LogP contribution in [-0.4, -0.2) is 38.2 Å². The highest BCUT2D eigenvalue weighted by atomic mass is 16.6. The van der Waals surface area contributed by atoms with E-state index in [2.05, 4.69) is 5.32 Å². The molecule has 0 aliphatic carbocycles. The Morgan fingerprint density at radius 2 is 2.08 bits per heavy atom. The molecule has 1 saturated heterocycles. The van der Waals surface area contributed by atoms with Crippen LogP contribution in [-0.2, 0) is 14.3 Å². The van der Waals surface area contributed by atoms with E-state index in [1.165, 1.54) is 12.3 Å². The molecule has 1 N–H and O–H groups in total. The van der Waals surface area contributed by atoms with Crippen molar-refractivity contribution in [3.63, 3.8) is 0 Å². The first-order valence-electron chi connectivity index (χ1n) is 8.45. The first-order chi connectivity index (χ1) is 12.7. The first kappa shape index (κ1) is 18.0. The van der Waals surface area contributed by atoms with Crippen molar-refractivity contribution in [1.29, 1.82) is 0 Å². The number of esters is 1. The van der Waals surface area contributed by atoms with E-state index in [0.29, 0.717) is 24.5 Å². The fourth-order valence-corrected chi connectivity index (χ4v) is 2.72. The van der Waals surface area contributed by atoms with E-state index in [0.717, 1.165) is 12.8 Å². The Bertz CT molecular complexity index is 719. The van der Waals surface area contributed by atoms with E-state index in [1.54, 1.807) is 37.4 Å². The van der Waals surface area contributed by atoms with E-state index >= 15 is 0 Å². The zero-order valence-electron chi connectivity index (χ0n) is 14.5. The lowest BCUT2D eigenvalue weighted by Crippen LogP contribution is -2.37. The fourth-order valence-electron chi connectivity index (χ4n) is 2.72. The molecule has 0 radical (unpaired) electrons. The van der Waals surface area contributed by atoms with Gasteiger partial charge < -0.3 is 23.9 Å². The number of methoxy groups -OCH3 is 1. The Labute approximate surface area is 151 Å². The van der Waals surface area contributed by atoms with Gasteiger partial charge in [0, 0.05) is 18.7 Å². The van der Waals surface area contributed by atoms with Crippen molar-refractivity contribution in [3.8, 4) is 5.75 Å². The van der Waals surface area contributed by atoms with Crippen molar-refractivity contribution in [2.75, 3.05) is 20.3 Å². The molecular weight excluding hydrogens is 338 g/mol. The molecule has 1 amide bonds. The molecule has 1 aliphatic heterocycles. The predicted octanol–water partition coefficient (Wildman–Crippen LogP) is 2.48. The van der Waals surface area contributed by atoms with E-state index in [4.69, 9.17) is 18.6 Å². The summed E-state index contributed by atoms with van der Waals surface area (Å²) in [7, 11) is 1.55. The maximum Gasteiger partial charge on any atom is 0.375 e. The van der Waals surface area contributed by atoms with Crippen molar-refractivity contribution >= 4 is 11.9 Å². The van der Waals surface area contributed by atoms with Crippen LogP contribution in [0.1, 0.15) is 35.1 Å². The second-order valence-electron chi connectivity index (χ2n) is 5.92. The van der Waals surface area contributed by atoms with Gasteiger partial charge in [-0.15, -0.1) is 0 Å². The predicted molar refractivity (Wildman–Crippen MR) is 91.8 cm³/mol. The molecule has 2 aromatic rings. The fraction of sp³-hybridized carbons (Fsp3) is 0.368. The van der Waals surface area contributed by atoms with Gasteiger partial charge in [0.25, 0.3) is 5.91 Å². The van der Waals surface area contributed by atoms with Crippen LogP contribution >= 0.6 is 0 Å².